The number of aryl methyl sites for hydroxylation is 1. The largest absolute Gasteiger partial charge is 0.274 e. The molecule has 1 aromatic rings. The average molecular weight is 271 g/mol. The predicted molar refractivity (Wildman–Crippen MR) is 78.3 cm³/mol. The van der Waals surface area contributed by atoms with Crippen molar-refractivity contribution in [3.8, 4) is 0 Å². The van der Waals surface area contributed by atoms with E-state index in [2.05, 4.69) is 13.8 Å². The fourth-order valence-electron chi connectivity index (χ4n) is 3.86. The minimum Gasteiger partial charge on any atom is -0.274 e. The summed E-state index contributed by atoms with van der Waals surface area (Å²) in [6.45, 7) is 8.10. The molecule has 3 nitrogen and oxygen atoms in total. The number of hydrogen-bond donors (Lipinski definition) is 0. The van der Waals surface area contributed by atoms with E-state index in [1.54, 1.807) is 0 Å². The standard InChI is InChI=1S/C17H21NO2/c1-11-7-5-6-8-13(11)18-14(19)12-9-10-17(4,15(18)20)16(12,2)3/h5-8,12H,9-10H2,1-4H3/t12-,17-/m1/s1. The second kappa shape index (κ2) is 3.94. The number of nitrogens with zero attached hydrogens (tertiary/aromatic N) is 1. The van der Waals surface area contributed by atoms with Crippen LogP contribution in [0.4, 0.5) is 5.69 Å². The zero-order valence-corrected chi connectivity index (χ0v) is 12.6. The molecule has 2 amide bonds. The molecule has 2 aliphatic rings. The number of hydrogen-bond acceptors (Lipinski definition) is 2. The van der Waals surface area contributed by atoms with Gasteiger partial charge in [0.2, 0.25) is 11.8 Å². The third-order valence-electron chi connectivity index (χ3n) is 5.78. The number of para-hydroxylation sites is 1. The highest BCUT2D eigenvalue weighted by Gasteiger charge is 2.64. The van der Waals surface area contributed by atoms with Gasteiger partial charge in [-0.1, -0.05) is 39.0 Å². The minimum absolute atomic E-state index is 0.0238. The molecular weight excluding hydrogens is 250 g/mol. The molecule has 2 fully saturated rings. The van der Waals surface area contributed by atoms with Gasteiger partial charge in [0, 0.05) is 5.92 Å². The lowest BCUT2D eigenvalue weighted by atomic mass is 9.62. The molecule has 2 bridgehead atoms. The molecule has 1 aliphatic carbocycles. The summed E-state index contributed by atoms with van der Waals surface area (Å²) < 4.78 is 0. The Hall–Kier alpha value is -1.64. The Kier molecular flexibility index (Phi) is 2.63. The van der Waals surface area contributed by atoms with Crippen molar-refractivity contribution < 1.29 is 9.59 Å². The van der Waals surface area contributed by atoms with Crippen LogP contribution in [-0.4, -0.2) is 11.8 Å². The van der Waals surface area contributed by atoms with Crippen LogP contribution in [0.15, 0.2) is 24.3 Å². The number of rotatable bonds is 1. The Bertz CT molecular complexity index is 605. The van der Waals surface area contributed by atoms with Gasteiger partial charge in [0.15, 0.2) is 0 Å². The van der Waals surface area contributed by atoms with Gasteiger partial charge in [-0.2, -0.15) is 0 Å². The van der Waals surface area contributed by atoms with E-state index in [9.17, 15) is 9.59 Å². The van der Waals surface area contributed by atoms with Gasteiger partial charge in [0.25, 0.3) is 0 Å². The van der Waals surface area contributed by atoms with Gasteiger partial charge in [-0.3, -0.25) is 9.59 Å². The SMILES string of the molecule is Cc1ccccc1N1C(=O)[C@H]2CC[C@](C)(C1=O)C2(C)C. The number of imide groups is 1. The van der Waals surface area contributed by atoms with Crippen molar-refractivity contribution in [2.45, 2.75) is 40.5 Å². The molecule has 1 saturated heterocycles. The molecule has 1 aromatic carbocycles. The van der Waals surface area contributed by atoms with E-state index in [0.29, 0.717) is 0 Å². The van der Waals surface area contributed by atoms with Crippen LogP contribution in [0, 0.1) is 23.7 Å². The second-order valence-electron chi connectivity index (χ2n) is 6.91. The summed E-state index contributed by atoms with van der Waals surface area (Å²) in [5.41, 5.74) is 1.03. The Morgan fingerprint density at radius 1 is 1.15 bits per heavy atom. The van der Waals surface area contributed by atoms with Gasteiger partial charge in [-0.05, 0) is 36.8 Å². The number of benzene rings is 1. The van der Waals surface area contributed by atoms with E-state index in [-0.39, 0.29) is 23.1 Å². The summed E-state index contributed by atoms with van der Waals surface area (Å²) in [5, 5.41) is 0. The Labute approximate surface area is 120 Å². The molecule has 0 radical (unpaired) electrons. The first-order valence-electron chi connectivity index (χ1n) is 7.25. The quantitative estimate of drug-likeness (QED) is 0.735. The smallest absolute Gasteiger partial charge is 0.240 e. The van der Waals surface area contributed by atoms with E-state index in [1.807, 2.05) is 38.1 Å². The van der Waals surface area contributed by atoms with Crippen molar-refractivity contribution in [3.63, 3.8) is 0 Å². The molecule has 0 N–H and O–H groups in total. The lowest BCUT2D eigenvalue weighted by molar-refractivity contribution is -0.146. The molecular formula is C17H21NO2. The van der Waals surface area contributed by atoms with E-state index >= 15 is 0 Å². The predicted octanol–water partition coefficient (Wildman–Crippen LogP) is 3.31. The van der Waals surface area contributed by atoms with Gasteiger partial charge in [0.05, 0.1) is 11.1 Å². The van der Waals surface area contributed by atoms with Crippen LogP contribution in [0.1, 0.15) is 39.2 Å². The molecule has 0 unspecified atom stereocenters. The topological polar surface area (TPSA) is 37.4 Å². The Morgan fingerprint density at radius 3 is 2.45 bits per heavy atom. The number of carbonyl (C=O) groups excluding carboxylic acids is 2. The maximum Gasteiger partial charge on any atom is 0.240 e. The van der Waals surface area contributed by atoms with Gasteiger partial charge in [-0.25, -0.2) is 4.90 Å². The first-order valence-corrected chi connectivity index (χ1v) is 7.25. The molecule has 1 heterocycles. The normalized spacial score (nSPS) is 31.8. The summed E-state index contributed by atoms with van der Waals surface area (Å²) in [4.78, 5) is 27.2. The van der Waals surface area contributed by atoms with Crippen molar-refractivity contribution in [2.75, 3.05) is 4.90 Å². The van der Waals surface area contributed by atoms with Crippen molar-refractivity contribution in [1.82, 2.24) is 0 Å². The molecule has 0 aromatic heterocycles. The van der Waals surface area contributed by atoms with Crippen LogP contribution in [0.2, 0.25) is 0 Å². The van der Waals surface area contributed by atoms with Gasteiger partial charge < -0.3 is 0 Å². The van der Waals surface area contributed by atoms with Crippen LogP contribution in [0.3, 0.4) is 0 Å². The molecule has 3 rings (SSSR count). The highest BCUT2D eigenvalue weighted by atomic mass is 16.2. The highest BCUT2D eigenvalue weighted by molar-refractivity contribution is 6.20. The van der Waals surface area contributed by atoms with Crippen LogP contribution in [0.25, 0.3) is 0 Å². The van der Waals surface area contributed by atoms with Gasteiger partial charge >= 0.3 is 0 Å². The lowest BCUT2D eigenvalue weighted by Gasteiger charge is -2.47. The first-order chi connectivity index (χ1) is 9.30. The fourth-order valence-corrected chi connectivity index (χ4v) is 3.86. The Morgan fingerprint density at radius 2 is 1.80 bits per heavy atom. The fraction of sp³-hybridized carbons (Fsp3) is 0.529. The number of carbonyl (C=O) groups is 2. The molecule has 0 spiro atoms. The summed E-state index contributed by atoms with van der Waals surface area (Å²) in [6.07, 6.45) is 1.62. The van der Waals surface area contributed by atoms with E-state index < -0.39 is 5.41 Å². The maximum absolute atomic E-state index is 13.0. The van der Waals surface area contributed by atoms with E-state index in [0.717, 1.165) is 24.1 Å². The molecule has 106 valence electrons. The molecule has 1 aliphatic heterocycles. The zero-order valence-electron chi connectivity index (χ0n) is 12.6. The first kappa shape index (κ1) is 13.3. The minimum atomic E-state index is -0.437. The number of piperidine rings is 1. The lowest BCUT2D eigenvalue weighted by Crippen LogP contribution is -2.59. The Balaban J connectivity index is 2.15. The third kappa shape index (κ3) is 1.41. The van der Waals surface area contributed by atoms with Crippen molar-refractivity contribution in [3.05, 3.63) is 29.8 Å². The van der Waals surface area contributed by atoms with Gasteiger partial charge in [-0.15, -0.1) is 0 Å². The molecule has 20 heavy (non-hydrogen) atoms. The van der Waals surface area contributed by atoms with Crippen molar-refractivity contribution in [1.29, 1.82) is 0 Å². The number of amides is 2. The van der Waals surface area contributed by atoms with Crippen LogP contribution >= 0.6 is 0 Å². The summed E-state index contributed by atoms with van der Waals surface area (Å²) in [6, 6.07) is 7.62. The van der Waals surface area contributed by atoms with E-state index in [4.69, 9.17) is 0 Å². The average Bonchev–Trinajstić information content (AvgIpc) is 2.57. The van der Waals surface area contributed by atoms with Crippen LogP contribution < -0.4 is 4.90 Å². The third-order valence-corrected chi connectivity index (χ3v) is 5.78. The summed E-state index contributed by atoms with van der Waals surface area (Å²) in [5.74, 6) is -0.107. The van der Waals surface area contributed by atoms with Crippen LogP contribution in [-0.2, 0) is 9.59 Å². The molecule has 3 heteroatoms. The second-order valence-corrected chi connectivity index (χ2v) is 6.91. The maximum atomic E-state index is 13.0. The highest BCUT2D eigenvalue weighted by Crippen LogP contribution is 2.60. The zero-order chi connectivity index (χ0) is 14.7. The summed E-state index contributed by atoms with van der Waals surface area (Å²) >= 11 is 0. The number of fused-ring (bicyclic) bond motifs is 2. The van der Waals surface area contributed by atoms with E-state index in [1.165, 1.54) is 4.90 Å². The van der Waals surface area contributed by atoms with Crippen molar-refractivity contribution >= 4 is 17.5 Å². The molecule has 2 atom stereocenters. The van der Waals surface area contributed by atoms with Crippen molar-refractivity contribution in [2.24, 2.45) is 16.7 Å². The van der Waals surface area contributed by atoms with Gasteiger partial charge in [0.1, 0.15) is 0 Å². The summed E-state index contributed by atoms with van der Waals surface area (Å²) in [7, 11) is 0. The molecule has 1 saturated carbocycles. The van der Waals surface area contributed by atoms with Crippen LogP contribution in [0.5, 0.6) is 0 Å². The number of anilines is 1. The monoisotopic (exact) mass is 271 g/mol.